The second kappa shape index (κ2) is 4.78. The fraction of sp³-hybridized carbons (Fsp3) is 0.235. The number of benzene rings is 2. The van der Waals surface area contributed by atoms with Gasteiger partial charge in [0.05, 0.1) is 5.56 Å². The minimum absolute atomic E-state index is 0.242. The lowest BCUT2D eigenvalue weighted by atomic mass is 9.75. The van der Waals surface area contributed by atoms with Crippen LogP contribution in [0.2, 0.25) is 0 Å². The molecule has 1 aliphatic rings. The Bertz CT molecular complexity index is 609. The van der Waals surface area contributed by atoms with Crippen molar-refractivity contribution in [2.75, 3.05) is 0 Å². The van der Waals surface area contributed by atoms with E-state index in [4.69, 9.17) is 10.00 Å². The highest BCUT2D eigenvalue weighted by molar-refractivity contribution is 5.43. The van der Waals surface area contributed by atoms with Crippen LogP contribution in [0.25, 0.3) is 0 Å². The highest BCUT2D eigenvalue weighted by Crippen LogP contribution is 2.45. The van der Waals surface area contributed by atoms with Crippen LogP contribution in [0.15, 0.2) is 54.6 Å². The van der Waals surface area contributed by atoms with Crippen molar-refractivity contribution >= 4 is 0 Å². The molecule has 0 aliphatic heterocycles. The van der Waals surface area contributed by atoms with Gasteiger partial charge < -0.3 is 4.74 Å². The van der Waals surface area contributed by atoms with E-state index in [-0.39, 0.29) is 5.60 Å². The van der Waals surface area contributed by atoms with Crippen LogP contribution in [0.3, 0.4) is 0 Å². The number of rotatable bonds is 3. The quantitative estimate of drug-likeness (QED) is 0.823. The molecule has 0 saturated heterocycles. The van der Waals surface area contributed by atoms with E-state index in [2.05, 4.69) is 18.2 Å². The number of para-hydroxylation sites is 1. The largest absolute Gasteiger partial charge is 0.481 e. The number of nitriles is 1. The number of ether oxygens (including phenoxy) is 1. The van der Waals surface area contributed by atoms with E-state index < -0.39 is 0 Å². The molecule has 2 heteroatoms. The number of hydrogen-bond donors (Lipinski definition) is 0. The summed E-state index contributed by atoms with van der Waals surface area (Å²) in [6, 6.07) is 19.9. The molecule has 0 unspecified atom stereocenters. The van der Waals surface area contributed by atoms with Crippen LogP contribution in [0.5, 0.6) is 5.75 Å². The molecule has 0 bridgehead atoms. The standard InChI is InChI=1S/C17H15NO/c18-13-14-7-4-5-10-16(14)19-17(11-6-12-17)15-8-2-1-3-9-15/h1-5,7-10H,6,11-12H2. The molecule has 0 aromatic heterocycles. The van der Waals surface area contributed by atoms with Gasteiger partial charge in [-0.3, -0.25) is 0 Å². The molecule has 2 aromatic carbocycles. The van der Waals surface area contributed by atoms with E-state index in [1.54, 1.807) is 6.07 Å². The topological polar surface area (TPSA) is 33.0 Å². The second-order valence-electron chi connectivity index (χ2n) is 4.92. The van der Waals surface area contributed by atoms with Gasteiger partial charge in [0.15, 0.2) is 0 Å². The summed E-state index contributed by atoms with van der Waals surface area (Å²) in [4.78, 5) is 0. The van der Waals surface area contributed by atoms with Crippen molar-refractivity contribution in [1.82, 2.24) is 0 Å². The third-order valence-electron chi connectivity index (χ3n) is 3.77. The summed E-state index contributed by atoms with van der Waals surface area (Å²) in [7, 11) is 0. The minimum atomic E-state index is -0.242. The Morgan fingerprint density at radius 1 is 0.947 bits per heavy atom. The second-order valence-corrected chi connectivity index (χ2v) is 4.92. The van der Waals surface area contributed by atoms with Crippen molar-refractivity contribution in [3.05, 3.63) is 65.7 Å². The minimum Gasteiger partial charge on any atom is -0.481 e. The zero-order chi connectivity index (χ0) is 13.1. The first-order valence-corrected chi connectivity index (χ1v) is 6.58. The van der Waals surface area contributed by atoms with E-state index in [1.165, 1.54) is 12.0 Å². The van der Waals surface area contributed by atoms with Gasteiger partial charge in [0, 0.05) is 0 Å². The summed E-state index contributed by atoms with van der Waals surface area (Å²) in [6.45, 7) is 0. The maximum atomic E-state index is 9.15. The van der Waals surface area contributed by atoms with Crippen molar-refractivity contribution < 1.29 is 4.74 Å². The summed E-state index contributed by atoms with van der Waals surface area (Å²) in [5.74, 6) is 0.688. The Kier molecular flexibility index (Phi) is 2.97. The number of hydrogen-bond acceptors (Lipinski definition) is 2. The third-order valence-corrected chi connectivity index (χ3v) is 3.77. The molecule has 0 N–H and O–H groups in total. The summed E-state index contributed by atoms with van der Waals surface area (Å²) in [5.41, 5.74) is 1.56. The molecule has 0 heterocycles. The first kappa shape index (κ1) is 11.8. The lowest BCUT2D eigenvalue weighted by Gasteiger charge is -2.42. The Morgan fingerprint density at radius 2 is 1.63 bits per heavy atom. The van der Waals surface area contributed by atoms with Crippen LogP contribution in [0, 0.1) is 11.3 Å². The average Bonchev–Trinajstić information content (AvgIpc) is 2.44. The summed E-state index contributed by atoms with van der Waals surface area (Å²) < 4.78 is 6.22. The van der Waals surface area contributed by atoms with Crippen molar-refractivity contribution in [1.29, 1.82) is 5.26 Å². The zero-order valence-corrected chi connectivity index (χ0v) is 10.7. The van der Waals surface area contributed by atoms with E-state index in [9.17, 15) is 0 Å². The molecule has 0 amide bonds. The van der Waals surface area contributed by atoms with Crippen molar-refractivity contribution in [2.24, 2.45) is 0 Å². The monoisotopic (exact) mass is 249 g/mol. The molecule has 1 aliphatic carbocycles. The summed E-state index contributed by atoms with van der Waals surface area (Å²) >= 11 is 0. The van der Waals surface area contributed by atoms with Crippen LogP contribution in [-0.2, 0) is 5.60 Å². The fourth-order valence-electron chi connectivity index (χ4n) is 2.55. The lowest BCUT2D eigenvalue weighted by Crippen LogP contribution is -2.40. The van der Waals surface area contributed by atoms with Gasteiger partial charge in [0.25, 0.3) is 0 Å². The lowest BCUT2D eigenvalue weighted by molar-refractivity contribution is -0.0124. The molecule has 2 aromatic rings. The zero-order valence-electron chi connectivity index (χ0n) is 10.7. The van der Waals surface area contributed by atoms with Crippen molar-refractivity contribution in [3.8, 4) is 11.8 Å². The number of nitrogens with zero attached hydrogens (tertiary/aromatic N) is 1. The van der Waals surface area contributed by atoms with E-state index in [0.29, 0.717) is 11.3 Å². The summed E-state index contributed by atoms with van der Waals surface area (Å²) in [5, 5.41) is 9.15. The Hall–Kier alpha value is -2.27. The molecular weight excluding hydrogens is 234 g/mol. The van der Waals surface area contributed by atoms with Crippen LogP contribution in [0.1, 0.15) is 30.4 Å². The molecule has 0 spiro atoms. The van der Waals surface area contributed by atoms with E-state index in [0.717, 1.165) is 12.8 Å². The fourth-order valence-corrected chi connectivity index (χ4v) is 2.55. The van der Waals surface area contributed by atoms with E-state index in [1.807, 2.05) is 36.4 Å². The molecule has 1 saturated carbocycles. The van der Waals surface area contributed by atoms with Crippen molar-refractivity contribution in [2.45, 2.75) is 24.9 Å². The highest BCUT2D eigenvalue weighted by atomic mass is 16.5. The molecule has 19 heavy (non-hydrogen) atoms. The normalized spacial score (nSPS) is 16.2. The Balaban J connectivity index is 1.95. The van der Waals surface area contributed by atoms with Gasteiger partial charge in [-0.15, -0.1) is 0 Å². The van der Waals surface area contributed by atoms with Gasteiger partial charge >= 0.3 is 0 Å². The maximum absolute atomic E-state index is 9.15. The molecule has 2 nitrogen and oxygen atoms in total. The van der Waals surface area contributed by atoms with Crippen molar-refractivity contribution in [3.63, 3.8) is 0 Å². The van der Waals surface area contributed by atoms with Gasteiger partial charge in [0.1, 0.15) is 17.4 Å². The van der Waals surface area contributed by atoms with Crippen LogP contribution < -0.4 is 4.74 Å². The van der Waals surface area contributed by atoms with E-state index >= 15 is 0 Å². The molecule has 94 valence electrons. The third kappa shape index (κ3) is 2.08. The summed E-state index contributed by atoms with van der Waals surface area (Å²) in [6.07, 6.45) is 3.19. The smallest absolute Gasteiger partial charge is 0.138 e. The Labute approximate surface area is 113 Å². The van der Waals surface area contributed by atoms with Gasteiger partial charge in [-0.05, 0) is 37.0 Å². The maximum Gasteiger partial charge on any atom is 0.138 e. The van der Waals surface area contributed by atoms with Gasteiger partial charge in [-0.2, -0.15) is 5.26 Å². The molecular formula is C17H15NO. The van der Waals surface area contributed by atoms with Crippen LogP contribution >= 0.6 is 0 Å². The first-order valence-electron chi connectivity index (χ1n) is 6.58. The SMILES string of the molecule is N#Cc1ccccc1OC1(c2ccccc2)CCC1. The van der Waals surface area contributed by atoms with Gasteiger partial charge in [-0.1, -0.05) is 42.5 Å². The average molecular weight is 249 g/mol. The highest BCUT2D eigenvalue weighted by Gasteiger charge is 2.41. The molecule has 1 fully saturated rings. The Morgan fingerprint density at radius 3 is 2.26 bits per heavy atom. The van der Waals surface area contributed by atoms with Crippen LogP contribution in [-0.4, -0.2) is 0 Å². The molecule has 0 atom stereocenters. The van der Waals surface area contributed by atoms with Gasteiger partial charge in [0.2, 0.25) is 0 Å². The predicted molar refractivity (Wildman–Crippen MR) is 73.8 cm³/mol. The van der Waals surface area contributed by atoms with Crippen LogP contribution in [0.4, 0.5) is 0 Å². The first-order chi connectivity index (χ1) is 9.34. The van der Waals surface area contributed by atoms with Gasteiger partial charge in [-0.25, -0.2) is 0 Å². The molecule has 0 radical (unpaired) electrons. The molecule has 3 rings (SSSR count). The predicted octanol–water partition coefficient (Wildman–Crippen LogP) is 4.02.